The quantitative estimate of drug-likeness (QED) is 0.806. The second-order valence-electron chi connectivity index (χ2n) is 3.84. The zero-order chi connectivity index (χ0) is 10.1. The minimum absolute atomic E-state index is 0.451. The molecular weight excluding hydrogens is 214 g/mol. The maximum Gasteiger partial charge on any atom is 0.195 e. The van der Waals surface area contributed by atoms with Crippen molar-refractivity contribution in [2.75, 3.05) is 12.0 Å². The third-order valence-corrected chi connectivity index (χ3v) is 3.63. The Bertz CT molecular complexity index is 364. The smallest absolute Gasteiger partial charge is 0.195 e. The van der Waals surface area contributed by atoms with Crippen LogP contribution in [0.4, 0.5) is 0 Å². The first-order valence-electron chi connectivity index (χ1n) is 4.89. The number of thioether (sulfide) groups is 1. The number of hydrogen-bond acceptors (Lipinski definition) is 3. The second kappa shape index (κ2) is 4.06. The molecule has 0 aliphatic heterocycles. The zero-order valence-electron chi connectivity index (χ0n) is 8.49. The molecule has 1 atom stereocenters. The average Bonchev–Trinajstić information content (AvgIpc) is 2.90. The van der Waals surface area contributed by atoms with Gasteiger partial charge < -0.3 is 4.57 Å². The van der Waals surface area contributed by atoms with Crippen LogP contribution >= 0.6 is 24.0 Å². The summed E-state index contributed by atoms with van der Waals surface area (Å²) < 4.78 is 2.96. The van der Waals surface area contributed by atoms with Gasteiger partial charge in [0.15, 0.2) is 4.77 Å². The molecule has 0 spiro atoms. The lowest BCUT2D eigenvalue weighted by atomic mass is 10.3. The number of H-pyrrole nitrogens is 1. The number of rotatable bonds is 4. The summed E-state index contributed by atoms with van der Waals surface area (Å²) in [5.74, 6) is 2.91. The molecule has 1 aromatic rings. The van der Waals surface area contributed by atoms with Gasteiger partial charge in [-0.15, -0.1) is 0 Å². The number of aromatic amines is 1. The molecule has 3 nitrogen and oxygen atoms in total. The highest BCUT2D eigenvalue weighted by Gasteiger charge is 2.30. The van der Waals surface area contributed by atoms with Crippen molar-refractivity contribution in [3.8, 4) is 0 Å². The normalized spacial score (nSPS) is 18.4. The van der Waals surface area contributed by atoms with Gasteiger partial charge in [-0.1, -0.05) is 0 Å². The first-order valence-corrected chi connectivity index (χ1v) is 6.70. The van der Waals surface area contributed by atoms with Crippen LogP contribution < -0.4 is 0 Å². The molecule has 1 aliphatic carbocycles. The van der Waals surface area contributed by atoms with Crippen LogP contribution in [0, 0.1) is 4.77 Å². The first-order chi connectivity index (χ1) is 6.74. The van der Waals surface area contributed by atoms with Crippen molar-refractivity contribution in [1.29, 1.82) is 0 Å². The van der Waals surface area contributed by atoms with E-state index in [0.717, 1.165) is 16.3 Å². The van der Waals surface area contributed by atoms with E-state index in [0.29, 0.717) is 12.0 Å². The van der Waals surface area contributed by atoms with E-state index in [1.54, 1.807) is 0 Å². The fraction of sp³-hybridized carbons (Fsp3) is 0.778. The molecule has 14 heavy (non-hydrogen) atoms. The van der Waals surface area contributed by atoms with Crippen molar-refractivity contribution >= 4 is 24.0 Å². The Morgan fingerprint density at radius 2 is 2.43 bits per heavy atom. The van der Waals surface area contributed by atoms with E-state index in [9.17, 15) is 0 Å². The number of nitrogens with zero attached hydrogens (tertiary/aromatic N) is 2. The van der Waals surface area contributed by atoms with Gasteiger partial charge in [0, 0.05) is 17.7 Å². The number of nitrogens with one attached hydrogen (secondary N) is 1. The van der Waals surface area contributed by atoms with Crippen LogP contribution in [0.1, 0.15) is 37.5 Å². The van der Waals surface area contributed by atoms with Crippen LogP contribution in [-0.2, 0) is 0 Å². The number of aromatic nitrogens is 3. The third kappa shape index (κ3) is 1.88. The van der Waals surface area contributed by atoms with Crippen molar-refractivity contribution in [3.63, 3.8) is 0 Å². The molecule has 1 saturated carbocycles. The van der Waals surface area contributed by atoms with Crippen LogP contribution in [0.5, 0.6) is 0 Å². The zero-order valence-corrected chi connectivity index (χ0v) is 10.1. The van der Waals surface area contributed by atoms with Gasteiger partial charge >= 0.3 is 0 Å². The highest BCUT2D eigenvalue weighted by atomic mass is 32.2. The molecule has 0 amide bonds. The molecule has 1 N–H and O–H groups in total. The molecule has 1 unspecified atom stereocenters. The molecule has 5 heteroatoms. The van der Waals surface area contributed by atoms with E-state index in [1.165, 1.54) is 12.8 Å². The van der Waals surface area contributed by atoms with Crippen molar-refractivity contribution in [3.05, 3.63) is 10.6 Å². The van der Waals surface area contributed by atoms with Gasteiger partial charge in [0.05, 0.1) is 0 Å². The van der Waals surface area contributed by atoms with Crippen molar-refractivity contribution in [1.82, 2.24) is 14.8 Å². The lowest BCUT2D eigenvalue weighted by molar-refractivity contribution is 0.570. The lowest BCUT2D eigenvalue weighted by Crippen LogP contribution is -2.11. The molecule has 1 aromatic heterocycles. The highest BCUT2D eigenvalue weighted by Crippen LogP contribution is 2.39. The van der Waals surface area contributed by atoms with Crippen LogP contribution in [0.2, 0.25) is 0 Å². The minimum atomic E-state index is 0.451. The lowest BCUT2D eigenvalue weighted by Gasteiger charge is -2.13. The van der Waals surface area contributed by atoms with Crippen LogP contribution in [0.3, 0.4) is 0 Å². The van der Waals surface area contributed by atoms with Gasteiger partial charge in [-0.2, -0.15) is 16.9 Å². The summed E-state index contributed by atoms with van der Waals surface area (Å²) in [4.78, 5) is 0. The Balaban J connectivity index is 2.29. The van der Waals surface area contributed by atoms with Crippen molar-refractivity contribution in [2.45, 2.75) is 31.7 Å². The molecule has 78 valence electrons. The summed E-state index contributed by atoms with van der Waals surface area (Å²) in [5.41, 5.74) is 0. The summed E-state index contributed by atoms with van der Waals surface area (Å²) in [6, 6.07) is 0.451. The van der Waals surface area contributed by atoms with Gasteiger partial charge in [-0.05, 0) is 38.2 Å². The average molecular weight is 229 g/mol. The highest BCUT2D eigenvalue weighted by molar-refractivity contribution is 7.98. The van der Waals surface area contributed by atoms with Crippen LogP contribution in [0.15, 0.2) is 0 Å². The molecular formula is C9H15N3S2. The summed E-state index contributed by atoms with van der Waals surface area (Å²) in [6.45, 7) is 2.20. The summed E-state index contributed by atoms with van der Waals surface area (Å²) in [7, 11) is 0. The third-order valence-electron chi connectivity index (χ3n) is 2.52. The molecule has 1 aliphatic rings. The Labute approximate surface area is 93.3 Å². The SMILES string of the molecule is CSCC(C)n1c(C2CC2)n[nH]c1=S. The van der Waals surface area contributed by atoms with Gasteiger partial charge in [0.1, 0.15) is 5.82 Å². The molecule has 2 rings (SSSR count). The van der Waals surface area contributed by atoms with Crippen LogP contribution in [0.25, 0.3) is 0 Å². The second-order valence-corrected chi connectivity index (χ2v) is 5.13. The Kier molecular flexibility index (Phi) is 2.97. The largest absolute Gasteiger partial charge is 0.300 e. The maximum absolute atomic E-state index is 5.25. The van der Waals surface area contributed by atoms with Gasteiger partial charge in [0.2, 0.25) is 0 Å². The minimum Gasteiger partial charge on any atom is -0.300 e. The monoisotopic (exact) mass is 229 g/mol. The Morgan fingerprint density at radius 1 is 1.71 bits per heavy atom. The summed E-state index contributed by atoms with van der Waals surface area (Å²) in [5, 5.41) is 7.22. The fourth-order valence-corrected chi connectivity index (χ4v) is 2.64. The number of hydrogen-bond donors (Lipinski definition) is 1. The predicted octanol–water partition coefficient (Wildman–Crippen LogP) is 2.74. The Morgan fingerprint density at radius 3 is 3.00 bits per heavy atom. The van der Waals surface area contributed by atoms with Gasteiger partial charge in [0.25, 0.3) is 0 Å². The first kappa shape index (κ1) is 10.2. The van der Waals surface area contributed by atoms with E-state index in [2.05, 4.69) is 27.9 Å². The molecule has 1 fully saturated rings. The van der Waals surface area contributed by atoms with E-state index in [1.807, 2.05) is 11.8 Å². The van der Waals surface area contributed by atoms with Crippen molar-refractivity contribution < 1.29 is 0 Å². The van der Waals surface area contributed by atoms with Crippen molar-refractivity contribution in [2.24, 2.45) is 0 Å². The Hall–Kier alpha value is -0.290. The summed E-state index contributed by atoms with van der Waals surface area (Å²) in [6.07, 6.45) is 4.66. The predicted molar refractivity (Wildman–Crippen MR) is 62.5 cm³/mol. The molecule has 0 radical (unpaired) electrons. The van der Waals surface area contributed by atoms with Crippen LogP contribution in [-0.4, -0.2) is 26.8 Å². The van der Waals surface area contributed by atoms with E-state index >= 15 is 0 Å². The fourth-order valence-electron chi connectivity index (χ4n) is 1.69. The maximum atomic E-state index is 5.25. The van der Waals surface area contributed by atoms with E-state index in [-0.39, 0.29) is 0 Å². The molecule has 0 bridgehead atoms. The summed E-state index contributed by atoms with van der Waals surface area (Å²) >= 11 is 7.09. The standard InChI is InChI=1S/C9H15N3S2/c1-6(5-14-2)12-8(7-3-4-7)10-11-9(12)13/h6-7H,3-5H2,1-2H3,(H,11,13). The van der Waals surface area contributed by atoms with E-state index < -0.39 is 0 Å². The van der Waals surface area contributed by atoms with E-state index in [4.69, 9.17) is 12.2 Å². The molecule has 1 heterocycles. The molecule has 0 aromatic carbocycles. The van der Waals surface area contributed by atoms with Gasteiger partial charge in [-0.3, -0.25) is 5.10 Å². The topological polar surface area (TPSA) is 33.6 Å². The van der Waals surface area contributed by atoms with Gasteiger partial charge in [-0.25, -0.2) is 0 Å². The molecule has 0 saturated heterocycles.